The molecule has 0 radical (unpaired) electrons. The third-order valence-corrected chi connectivity index (χ3v) is 4.86. The Balaban J connectivity index is 2.08. The van der Waals surface area contributed by atoms with Crippen LogP contribution >= 0.6 is 27.3 Å². The van der Waals surface area contributed by atoms with Gasteiger partial charge in [-0.1, -0.05) is 19.1 Å². The molecule has 0 spiro atoms. The van der Waals surface area contributed by atoms with Gasteiger partial charge in [0.05, 0.1) is 4.47 Å². The summed E-state index contributed by atoms with van der Waals surface area (Å²) in [4.78, 5) is 0. The van der Waals surface area contributed by atoms with E-state index in [4.69, 9.17) is 0 Å². The summed E-state index contributed by atoms with van der Waals surface area (Å²) in [5.74, 6) is -0.188. The molecule has 2 rings (SSSR count). The first-order chi connectivity index (χ1) is 9.70. The monoisotopic (exact) mass is 355 g/mol. The number of benzene rings is 1. The molecule has 0 amide bonds. The van der Waals surface area contributed by atoms with E-state index < -0.39 is 0 Å². The van der Waals surface area contributed by atoms with Gasteiger partial charge in [0.15, 0.2) is 0 Å². The van der Waals surface area contributed by atoms with Crippen LogP contribution in [0.3, 0.4) is 0 Å². The summed E-state index contributed by atoms with van der Waals surface area (Å²) in [5.41, 5.74) is 2.37. The Kier molecular flexibility index (Phi) is 6.20. The van der Waals surface area contributed by atoms with Crippen LogP contribution < -0.4 is 5.32 Å². The van der Waals surface area contributed by atoms with Gasteiger partial charge in [-0.05, 0) is 75.8 Å². The molecular weight excluding hydrogens is 337 g/mol. The van der Waals surface area contributed by atoms with Gasteiger partial charge in [-0.2, -0.15) is 11.3 Å². The fourth-order valence-corrected chi connectivity index (χ4v) is 3.34. The highest BCUT2D eigenvalue weighted by atomic mass is 79.9. The quantitative estimate of drug-likeness (QED) is 0.751. The van der Waals surface area contributed by atoms with Crippen LogP contribution in [0.1, 0.15) is 24.5 Å². The molecule has 108 valence electrons. The second-order valence-corrected chi connectivity index (χ2v) is 6.48. The second-order valence-electron chi connectivity index (χ2n) is 4.90. The zero-order chi connectivity index (χ0) is 14.4. The van der Waals surface area contributed by atoms with Crippen molar-refractivity contribution in [2.45, 2.75) is 32.2 Å². The summed E-state index contributed by atoms with van der Waals surface area (Å²) in [6, 6.07) is 7.74. The summed E-state index contributed by atoms with van der Waals surface area (Å²) in [5, 5.41) is 7.85. The number of nitrogens with one attached hydrogen (secondary N) is 1. The van der Waals surface area contributed by atoms with Crippen molar-refractivity contribution in [3.8, 4) is 0 Å². The lowest BCUT2D eigenvalue weighted by atomic mass is 10.00. The average Bonchev–Trinajstić information content (AvgIpc) is 2.94. The molecule has 4 heteroatoms. The van der Waals surface area contributed by atoms with E-state index in [2.05, 4.69) is 45.0 Å². The SMILES string of the molecule is CCCNC(Cc1ccsc1)Cc1cccc(F)c1Br. The first-order valence-electron chi connectivity index (χ1n) is 6.88. The van der Waals surface area contributed by atoms with Gasteiger partial charge in [0.25, 0.3) is 0 Å². The van der Waals surface area contributed by atoms with Crippen LogP contribution in [0, 0.1) is 5.82 Å². The van der Waals surface area contributed by atoms with E-state index in [-0.39, 0.29) is 5.82 Å². The van der Waals surface area contributed by atoms with Gasteiger partial charge in [-0.3, -0.25) is 0 Å². The molecule has 1 heterocycles. The predicted molar refractivity (Wildman–Crippen MR) is 87.9 cm³/mol. The first-order valence-corrected chi connectivity index (χ1v) is 8.61. The Bertz CT molecular complexity index is 527. The van der Waals surface area contributed by atoms with Gasteiger partial charge in [-0.25, -0.2) is 4.39 Å². The normalized spacial score (nSPS) is 12.6. The molecule has 0 saturated heterocycles. The molecule has 1 unspecified atom stereocenters. The van der Waals surface area contributed by atoms with Crippen LogP contribution in [0.25, 0.3) is 0 Å². The third kappa shape index (κ3) is 4.40. The third-order valence-electron chi connectivity index (χ3n) is 3.24. The van der Waals surface area contributed by atoms with E-state index in [0.29, 0.717) is 10.5 Å². The summed E-state index contributed by atoms with van der Waals surface area (Å²) < 4.78 is 14.2. The van der Waals surface area contributed by atoms with Crippen molar-refractivity contribution < 1.29 is 4.39 Å². The van der Waals surface area contributed by atoms with Crippen LogP contribution in [0.4, 0.5) is 4.39 Å². The highest BCUT2D eigenvalue weighted by Gasteiger charge is 2.13. The minimum Gasteiger partial charge on any atom is -0.313 e. The highest BCUT2D eigenvalue weighted by molar-refractivity contribution is 9.10. The van der Waals surface area contributed by atoms with E-state index in [1.165, 1.54) is 11.6 Å². The van der Waals surface area contributed by atoms with Crippen LogP contribution in [-0.4, -0.2) is 12.6 Å². The zero-order valence-corrected chi connectivity index (χ0v) is 13.9. The van der Waals surface area contributed by atoms with Crippen LogP contribution in [0.15, 0.2) is 39.5 Å². The lowest BCUT2D eigenvalue weighted by Gasteiger charge is -2.19. The van der Waals surface area contributed by atoms with Crippen molar-refractivity contribution in [1.29, 1.82) is 0 Å². The molecule has 1 nitrogen and oxygen atoms in total. The van der Waals surface area contributed by atoms with E-state index in [1.807, 2.05) is 6.07 Å². The van der Waals surface area contributed by atoms with Crippen LogP contribution in [0.5, 0.6) is 0 Å². The largest absolute Gasteiger partial charge is 0.313 e. The van der Waals surface area contributed by atoms with Gasteiger partial charge in [0.1, 0.15) is 5.82 Å². The predicted octanol–water partition coefficient (Wildman–Crippen LogP) is 4.80. The minimum absolute atomic E-state index is 0.188. The summed E-state index contributed by atoms with van der Waals surface area (Å²) in [6.45, 7) is 3.15. The van der Waals surface area contributed by atoms with Crippen LogP contribution in [0.2, 0.25) is 0 Å². The maximum absolute atomic E-state index is 13.6. The average molecular weight is 356 g/mol. The number of halogens is 2. The number of hydrogen-bond donors (Lipinski definition) is 1. The molecule has 20 heavy (non-hydrogen) atoms. The molecule has 0 bridgehead atoms. The van der Waals surface area contributed by atoms with Gasteiger partial charge in [-0.15, -0.1) is 0 Å². The fourth-order valence-electron chi connectivity index (χ4n) is 2.23. The van der Waals surface area contributed by atoms with Crippen molar-refractivity contribution in [2.24, 2.45) is 0 Å². The van der Waals surface area contributed by atoms with Gasteiger partial charge in [0, 0.05) is 6.04 Å². The van der Waals surface area contributed by atoms with Crippen molar-refractivity contribution in [2.75, 3.05) is 6.54 Å². The lowest BCUT2D eigenvalue weighted by molar-refractivity contribution is 0.502. The van der Waals surface area contributed by atoms with E-state index in [1.54, 1.807) is 17.4 Å². The highest BCUT2D eigenvalue weighted by Crippen LogP contribution is 2.22. The Morgan fingerprint density at radius 2 is 2.15 bits per heavy atom. The van der Waals surface area contributed by atoms with Gasteiger partial charge < -0.3 is 5.32 Å². The fraction of sp³-hybridized carbons (Fsp3) is 0.375. The van der Waals surface area contributed by atoms with Crippen LogP contribution in [-0.2, 0) is 12.8 Å². The van der Waals surface area contributed by atoms with Crippen molar-refractivity contribution in [3.05, 3.63) is 56.4 Å². The molecule has 1 atom stereocenters. The maximum atomic E-state index is 13.6. The number of rotatable bonds is 7. The molecule has 0 fully saturated rings. The van der Waals surface area contributed by atoms with Gasteiger partial charge in [0.2, 0.25) is 0 Å². The van der Waals surface area contributed by atoms with E-state index in [9.17, 15) is 4.39 Å². The smallest absolute Gasteiger partial charge is 0.137 e. The zero-order valence-electron chi connectivity index (χ0n) is 11.5. The maximum Gasteiger partial charge on any atom is 0.137 e. The second kappa shape index (κ2) is 7.91. The van der Waals surface area contributed by atoms with E-state index >= 15 is 0 Å². The number of hydrogen-bond acceptors (Lipinski definition) is 2. The molecule has 0 aliphatic carbocycles. The first kappa shape index (κ1) is 15.7. The lowest BCUT2D eigenvalue weighted by Crippen LogP contribution is -2.33. The molecule has 0 aliphatic rings. The topological polar surface area (TPSA) is 12.0 Å². The molecule has 0 saturated carbocycles. The molecular formula is C16H19BrFNS. The number of thiophene rings is 1. The molecule has 0 aliphatic heterocycles. The Morgan fingerprint density at radius 3 is 2.85 bits per heavy atom. The Morgan fingerprint density at radius 1 is 1.30 bits per heavy atom. The summed E-state index contributed by atoms with van der Waals surface area (Å²) >= 11 is 5.07. The Hall–Kier alpha value is -0.710. The molecule has 1 aromatic heterocycles. The summed E-state index contributed by atoms with van der Waals surface area (Å²) in [7, 11) is 0. The Labute approximate surface area is 132 Å². The molecule has 1 N–H and O–H groups in total. The summed E-state index contributed by atoms with van der Waals surface area (Å²) in [6.07, 6.45) is 2.91. The van der Waals surface area contributed by atoms with E-state index in [0.717, 1.165) is 31.4 Å². The van der Waals surface area contributed by atoms with Crippen molar-refractivity contribution in [1.82, 2.24) is 5.32 Å². The van der Waals surface area contributed by atoms with Crippen molar-refractivity contribution in [3.63, 3.8) is 0 Å². The standard InChI is InChI=1S/C16H19BrFNS/c1-2-7-19-14(9-12-6-8-20-11-12)10-13-4-3-5-15(18)16(13)17/h3-6,8,11,14,19H,2,7,9-10H2,1H3. The molecule has 2 aromatic rings. The minimum atomic E-state index is -0.188. The van der Waals surface area contributed by atoms with Crippen molar-refractivity contribution >= 4 is 27.3 Å². The van der Waals surface area contributed by atoms with Gasteiger partial charge >= 0.3 is 0 Å². The molecule has 1 aromatic carbocycles.